The van der Waals surface area contributed by atoms with Crippen molar-refractivity contribution in [2.24, 2.45) is 0 Å². The van der Waals surface area contributed by atoms with Gasteiger partial charge in [-0.15, -0.1) is 0 Å². The number of amides is 1. The zero-order valence-electron chi connectivity index (χ0n) is 17.5. The number of nitrogens with one attached hydrogen (secondary N) is 1. The van der Waals surface area contributed by atoms with Gasteiger partial charge in [-0.2, -0.15) is 0 Å². The quantitative estimate of drug-likeness (QED) is 0.630. The molecule has 3 aromatic rings. The van der Waals surface area contributed by atoms with Crippen LogP contribution in [-0.2, 0) is 21.4 Å². The van der Waals surface area contributed by atoms with Crippen molar-refractivity contribution in [1.29, 1.82) is 0 Å². The molecule has 1 heterocycles. The number of hydrogen-bond acceptors (Lipinski definition) is 4. The highest BCUT2D eigenvalue weighted by molar-refractivity contribution is 7.92. The minimum absolute atomic E-state index is 0.266. The summed E-state index contributed by atoms with van der Waals surface area (Å²) in [7, 11) is -3.65. The van der Waals surface area contributed by atoms with Crippen LogP contribution in [0.5, 0.6) is 0 Å². The molecule has 3 rings (SSSR count). The Hall–Kier alpha value is -3.13. The van der Waals surface area contributed by atoms with Crippen molar-refractivity contribution < 1.29 is 13.2 Å². The number of aryl methyl sites for hydroxylation is 2. The Kier molecular flexibility index (Phi) is 6.26. The molecule has 158 valence electrons. The molecule has 1 aromatic heterocycles. The lowest BCUT2D eigenvalue weighted by molar-refractivity contribution is -0.122. The first-order valence-electron chi connectivity index (χ1n) is 9.60. The van der Waals surface area contributed by atoms with E-state index in [0.29, 0.717) is 5.69 Å². The van der Waals surface area contributed by atoms with Crippen molar-refractivity contribution in [3.05, 3.63) is 77.9 Å². The van der Waals surface area contributed by atoms with Gasteiger partial charge in [-0.1, -0.05) is 35.9 Å². The van der Waals surface area contributed by atoms with Crippen molar-refractivity contribution in [2.45, 2.75) is 33.4 Å². The standard InChI is InChI=1S/C22H26N4O3S/c1-16-9-11-20(12-10-16)26(30(4,28)29)17(2)22(27)24-15-19-7-5-6-8-21(19)25-14-13-23-18(25)3/h5-14,17H,15H2,1-4H3,(H,24,27). The number of aromatic nitrogens is 2. The van der Waals surface area contributed by atoms with Crippen LogP contribution in [-0.4, -0.2) is 36.2 Å². The average molecular weight is 427 g/mol. The van der Waals surface area contributed by atoms with Gasteiger partial charge in [0.2, 0.25) is 15.9 Å². The predicted octanol–water partition coefficient (Wildman–Crippen LogP) is 2.96. The zero-order chi connectivity index (χ0) is 21.9. The summed E-state index contributed by atoms with van der Waals surface area (Å²) in [5.74, 6) is 0.461. The van der Waals surface area contributed by atoms with E-state index in [4.69, 9.17) is 0 Å². The highest BCUT2D eigenvalue weighted by Crippen LogP contribution is 2.22. The summed E-state index contributed by atoms with van der Waals surface area (Å²) in [6.07, 6.45) is 4.69. The number of hydrogen-bond donors (Lipinski definition) is 1. The SMILES string of the molecule is Cc1ccc(N(C(C)C(=O)NCc2ccccc2-n2ccnc2C)S(C)(=O)=O)cc1. The number of nitrogens with zero attached hydrogens (tertiary/aromatic N) is 3. The Morgan fingerprint density at radius 2 is 1.80 bits per heavy atom. The third-order valence-corrected chi connectivity index (χ3v) is 6.15. The first-order valence-corrected chi connectivity index (χ1v) is 11.5. The van der Waals surface area contributed by atoms with Gasteiger partial charge in [0.25, 0.3) is 0 Å². The summed E-state index contributed by atoms with van der Waals surface area (Å²) in [6.45, 7) is 5.68. The number of benzene rings is 2. The molecule has 0 radical (unpaired) electrons. The molecule has 0 aliphatic heterocycles. The summed E-state index contributed by atoms with van der Waals surface area (Å²) in [4.78, 5) is 17.1. The van der Waals surface area contributed by atoms with Gasteiger partial charge in [0.05, 0.1) is 17.6 Å². The van der Waals surface area contributed by atoms with Crippen molar-refractivity contribution in [1.82, 2.24) is 14.9 Å². The monoisotopic (exact) mass is 426 g/mol. The molecule has 1 atom stereocenters. The van der Waals surface area contributed by atoms with E-state index in [0.717, 1.165) is 33.2 Å². The number of sulfonamides is 1. The number of carbonyl (C=O) groups is 1. The van der Waals surface area contributed by atoms with E-state index in [1.165, 1.54) is 0 Å². The van der Waals surface area contributed by atoms with Crippen LogP contribution in [0.2, 0.25) is 0 Å². The summed E-state index contributed by atoms with van der Waals surface area (Å²) in [5.41, 5.74) is 3.29. The molecule has 0 aliphatic rings. The lowest BCUT2D eigenvalue weighted by Crippen LogP contribution is -2.47. The first kappa shape index (κ1) is 21.6. The molecule has 8 heteroatoms. The van der Waals surface area contributed by atoms with Crippen LogP contribution in [0.3, 0.4) is 0 Å². The number of para-hydroxylation sites is 1. The third-order valence-electron chi connectivity index (χ3n) is 4.91. The Balaban J connectivity index is 1.80. The molecule has 1 unspecified atom stereocenters. The second-order valence-corrected chi connectivity index (χ2v) is 9.12. The molecule has 1 N–H and O–H groups in total. The second-order valence-electron chi connectivity index (χ2n) is 7.26. The van der Waals surface area contributed by atoms with Crippen LogP contribution >= 0.6 is 0 Å². The molecule has 2 aromatic carbocycles. The van der Waals surface area contributed by atoms with Crippen LogP contribution in [0.1, 0.15) is 23.9 Å². The summed E-state index contributed by atoms with van der Waals surface area (Å²) < 4.78 is 27.9. The third kappa shape index (κ3) is 4.71. The van der Waals surface area contributed by atoms with Gasteiger partial charge in [-0.25, -0.2) is 13.4 Å². The van der Waals surface area contributed by atoms with E-state index in [1.54, 1.807) is 25.3 Å². The molecule has 0 aliphatic carbocycles. The molecular weight excluding hydrogens is 400 g/mol. The maximum absolute atomic E-state index is 12.9. The molecule has 0 spiro atoms. The molecule has 1 amide bonds. The predicted molar refractivity (Wildman–Crippen MR) is 118 cm³/mol. The summed E-state index contributed by atoms with van der Waals surface area (Å²) in [6, 6.07) is 13.9. The number of anilines is 1. The molecular formula is C22H26N4O3S. The highest BCUT2D eigenvalue weighted by atomic mass is 32.2. The van der Waals surface area contributed by atoms with Crippen LogP contribution in [0, 0.1) is 13.8 Å². The topological polar surface area (TPSA) is 84.3 Å². The maximum atomic E-state index is 12.9. The fourth-order valence-corrected chi connectivity index (χ4v) is 4.53. The van der Waals surface area contributed by atoms with Crippen LogP contribution < -0.4 is 9.62 Å². The molecule has 0 bridgehead atoms. The lowest BCUT2D eigenvalue weighted by Gasteiger charge is -2.28. The van der Waals surface area contributed by atoms with E-state index in [1.807, 2.05) is 61.0 Å². The van der Waals surface area contributed by atoms with Gasteiger partial charge < -0.3 is 9.88 Å². The van der Waals surface area contributed by atoms with E-state index in [9.17, 15) is 13.2 Å². The van der Waals surface area contributed by atoms with Crippen molar-refractivity contribution >= 4 is 21.6 Å². The normalized spacial score (nSPS) is 12.4. The lowest BCUT2D eigenvalue weighted by atomic mass is 10.1. The molecule has 0 fully saturated rings. The maximum Gasteiger partial charge on any atom is 0.243 e. The number of rotatable bonds is 7. The number of imidazole rings is 1. The Morgan fingerprint density at radius 1 is 1.13 bits per heavy atom. The van der Waals surface area contributed by atoms with Crippen LogP contribution in [0.15, 0.2) is 60.9 Å². The van der Waals surface area contributed by atoms with Gasteiger partial charge in [-0.05, 0) is 44.5 Å². The van der Waals surface area contributed by atoms with E-state index in [2.05, 4.69) is 10.3 Å². The van der Waals surface area contributed by atoms with E-state index < -0.39 is 16.1 Å². The van der Waals surface area contributed by atoms with Crippen LogP contribution in [0.4, 0.5) is 5.69 Å². The van der Waals surface area contributed by atoms with Crippen LogP contribution in [0.25, 0.3) is 5.69 Å². The smallest absolute Gasteiger partial charge is 0.243 e. The average Bonchev–Trinajstić information content (AvgIpc) is 3.12. The second kappa shape index (κ2) is 8.71. The largest absolute Gasteiger partial charge is 0.350 e. The summed E-state index contributed by atoms with van der Waals surface area (Å²) in [5, 5.41) is 2.88. The van der Waals surface area contributed by atoms with Crippen molar-refractivity contribution in [3.8, 4) is 5.69 Å². The molecule has 7 nitrogen and oxygen atoms in total. The number of carbonyl (C=O) groups excluding carboxylic acids is 1. The highest BCUT2D eigenvalue weighted by Gasteiger charge is 2.29. The zero-order valence-corrected chi connectivity index (χ0v) is 18.3. The Labute approximate surface area is 177 Å². The van der Waals surface area contributed by atoms with E-state index >= 15 is 0 Å². The minimum Gasteiger partial charge on any atom is -0.350 e. The molecule has 0 saturated carbocycles. The first-order chi connectivity index (χ1) is 14.2. The Morgan fingerprint density at radius 3 is 2.40 bits per heavy atom. The van der Waals surface area contributed by atoms with Gasteiger partial charge in [0, 0.05) is 18.9 Å². The summed E-state index contributed by atoms with van der Waals surface area (Å²) >= 11 is 0. The van der Waals surface area contributed by atoms with E-state index in [-0.39, 0.29) is 12.5 Å². The van der Waals surface area contributed by atoms with Gasteiger partial charge in [0.15, 0.2) is 0 Å². The fourth-order valence-electron chi connectivity index (χ4n) is 3.36. The molecule has 0 saturated heterocycles. The van der Waals surface area contributed by atoms with Gasteiger partial charge >= 0.3 is 0 Å². The van der Waals surface area contributed by atoms with Crippen molar-refractivity contribution in [3.63, 3.8) is 0 Å². The Bertz CT molecular complexity index is 1140. The minimum atomic E-state index is -3.65. The van der Waals surface area contributed by atoms with Crippen molar-refractivity contribution in [2.75, 3.05) is 10.6 Å². The van der Waals surface area contributed by atoms with Gasteiger partial charge in [0.1, 0.15) is 11.9 Å². The molecule has 30 heavy (non-hydrogen) atoms. The fraction of sp³-hybridized carbons (Fsp3) is 0.273. The van der Waals surface area contributed by atoms with Gasteiger partial charge in [-0.3, -0.25) is 9.10 Å².